The fourth-order valence-electron chi connectivity index (χ4n) is 13.1. The third-order valence-electron chi connectivity index (χ3n) is 15.3. The van der Waals surface area contributed by atoms with Crippen molar-refractivity contribution in [3.05, 3.63) is 70.4 Å². The second-order valence-electron chi connectivity index (χ2n) is 18.0. The molecular weight excluding hydrogens is 769 g/mol. The lowest BCUT2D eigenvalue weighted by Gasteiger charge is -2.59. The van der Waals surface area contributed by atoms with E-state index in [9.17, 15) is 24.6 Å². The first-order valence-electron chi connectivity index (χ1n) is 21.3. The van der Waals surface area contributed by atoms with E-state index in [1.54, 1.807) is 6.07 Å². The van der Waals surface area contributed by atoms with Gasteiger partial charge in [0.05, 0.1) is 38.7 Å². The zero-order valence-corrected chi connectivity index (χ0v) is 35.3. The predicted octanol–water partition coefficient (Wildman–Crippen LogP) is 3.52. The lowest BCUT2D eigenvalue weighted by molar-refractivity contribution is -0.212. The van der Waals surface area contributed by atoms with E-state index in [2.05, 4.69) is 26.9 Å². The zero-order chi connectivity index (χ0) is 42.5. The van der Waals surface area contributed by atoms with Gasteiger partial charge >= 0.3 is 17.9 Å². The maximum atomic E-state index is 15.3. The number of hydrogen-bond donors (Lipinski definition) is 3. The Morgan fingerprint density at radius 3 is 2.45 bits per heavy atom. The first-order chi connectivity index (χ1) is 28.8. The Hall–Kier alpha value is -4.76. The number of nitrogens with one attached hydrogen (secondary N) is 1. The number of methoxy groups -OCH3 is 3. The molecule has 0 radical (unpaired) electrons. The minimum atomic E-state index is -2.50. The number of carbonyl (C=O) groups excluding carboxylic acids is 4. The molecule has 6 heterocycles. The monoisotopic (exact) mass is 824 g/mol. The zero-order valence-electron chi connectivity index (χ0n) is 35.3. The summed E-state index contributed by atoms with van der Waals surface area (Å²) in [6, 6.07) is 10.0. The molecule has 1 aliphatic carbocycles. The van der Waals surface area contributed by atoms with Crippen LogP contribution >= 0.6 is 0 Å². The summed E-state index contributed by atoms with van der Waals surface area (Å²) >= 11 is 0. The number of aliphatic hydroxyl groups is 2. The van der Waals surface area contributed by atoms with E-state index < -0.39 is 64.0 Å². The number of piperidine rings is 1. The number of para-hydroxylation sites is 1. The highest BCUT2D eigenvalue weighted by Gasteiger charge is 2.78. The van der Waals surface area contributed by atoms with E-state index in [0.29, 0.717) is 99.5 Å². The summed E-state index contributed by atoms with van der Waals surface area (Å²) in [6.45, 7) is 8.26. The van der Waals surface area contributed by atoms with E-state index in [-0.39, 0.29) is 12.3 Å². The summed E-state index contributed by atoms with van der Waals surface area (Å²) in [6.07, 6.45) is 4.22. The van der Waals surface area contributed by atoms with Gasteiger partial charge in [0, 0.05) is 78.7 Å². The van der Waals surface area contributed by atoms with Crippen LogP contribution < -0.4 is 9.64 Å². The van der Waals surface area contributed by atoms with Crippen LogP contribution in [-0.2, 0) is 50.6 Å². The van der Waals surface area contributed by atoms with Gasteiger partial charge < -0.3 is 39.0 Å². The quantitative estimate of drug-likeness (QED) is 0.131. The van der Waals surface area contributed by atoms with Crippen molar-refractivity contribution in [2.24, 2.45) is 11.8 Å². The number of hydrogen-bond acceptors (Lipinski definition) is 12. The highest BCUT2D eigenvalue weighted by atomic mass is 16.6. The molecule has 1 saturated carbocycles. The molecule has 1 amide bonds. The number of amides is 1. The molecule has 10 atom stereocenters. The molecule has 60 heavy (non-hydrogen) atoms. The van der Waals surface area contributed by atoms with Crippen LogP contribution in [0.25, 0.3) is 10.9 Å². The number of anilines is 1. The summed E-state index contributed by atoms with van der Waals surface area (Å²) in [4.78, 5) is 66.0. The highest BCUT2D eigenvalue weighted by molar-refractivity contribution is 5.96. The molecule has 2 saturated heterocycles. The van der Waals surface area contributed by atoms with E-state index >= 15 is 4.79 Å². The first kappa shape index (κ1) is 40.6. The molecule has 1 aromatic heterocycles. The van der Waals surface area contributed by atoms with Crippen LogP contribution in [0.1, 0.15) is 75.3 Å². The van der Waals surface area contributed by atoms with Crippen molar-refractivity contribution >= 4 is 40.9 Å². The molecule has 3 aromatic rings. The number of esters is 3. The number of H-pyrrole nitrogens is 1. The summed E-state index contributed by atoms with van der Waals surface area (Å²) < 4.78 is 23.6. The summed E-state index contributed by atoms with van der Waals surface area (Å²) in [5, 5.41) is 26.2. The molecule has 14 nitrogen and oxygen atoms in total. The topological polar surface area (TPSA) is 171 Å². The molecular formula is C46H56N4O10. The molecule has 14 heteroatoms. The van der Waals surface area contributed by atoms with E-state index in [1.807, 2.05) is 38.1 Å². The lowest BCUT2D eigenvalue weighted by Crippen LogP contribution is -2.78. The van der Waals surface area contributed by atoms with Crippen molar-refractivity contribution in [2.45, 2.75) is 99.5 Å². The molecule has 5 aliphatic heterocycles. The molecule has 9 rings (SSSR count). The Kier molecular flexibility index (Phi) is 9.77. The van der Waals surface area contributed by atoms with Crippen LogP contribution in [0.2, 0.25) is 0 Å². The molecule has 2 bridgehead atoms. The Morgan fingerprint density at radius 2 is 1.77 bits per heavy atom. The standard InChI is InChI=1S/C46H56N4O10/c1-7-28-13-17-49-18-15-44-31-19-32(35(57-4)20-34(31)50(25-51)40(44)46(56,42(54)59-6)39(60-26(3)52)36(28)38(44)49)45(41(53)58-5)22-27-21-43(55,8-2)24-48(23-27)16-14-30-29-11-9-10-12-33(29)47-37(30)45/h9-13,19-20,25,27,36,38-40,47,55-56H,7-8,14-18,21-24H2,1-6H3/t27?,36?,38-,39+,40?,43?,44+,45-,46+/m0/s1. The summed E-state index contributed by atoms with van der Waals surface area (Å²) in [7, 11) is 4.09. The maximum absolute atomic E-state index is 15.3. The minimum Gasteiger partial charge on any atom is -0.496 e. The Labute approximate surface area is 349 Å². The number of fused-ring (bicyclic) bond motifs is 6. The van der Waals surface area contributed by atoms with Gasteiger partial charge in [-0.15, -0.1) is 0 Å². The Morgan fingerprint density at radius 1 is 1.00 bits per heavy atom. The van der Waals surface area contributed by atoms with E-state index in [1.165, 1.54) is 33.2 Å². The minimum absolute atomic E-state index is 0.152. The number of aromatic amines is 1. The molecule has 3 fully saturated rings. The van der Waals surface area contributed by atoms with Crippen molar-refractivity contribution in [1.29, 1.82) is 0 Å². The smallest absolute Gasteiger partial charge is 0.344 e. The maximum Gasteiger partial charge on any atom is 0.344 e. The third-order valence-corrected chi connectivity index (χ3v) is 15.3. The van der Waals surface area contributed by atoms with Gasteiger partial charge in [-0.1, -0.05) is 43.7 Å². The van der Waals surface area contributed by atoms with Crippen molar-refractivity contribution < 1.29 is 48.3 Å². The predicted molar refractivity (Wildman–Crippen MR) is 221 cm³/mol. The van der Waals surface area contributed by atoms with Crippen molar-refractivity contribution in [3.8, 4) is 5.75 Å². The molecule has 1 spiro atoms. The van der Waals surface area contributed by atoms with Crippen LogP contribution in [0.4, 0.5) is 5.69 Å². The Balaban J connectivity index is 1.37. The van der Waals surface area contributed by atoms with Crippen molar-refractivity contribution in [2.75, 3.05) is 59.0 Å². The van der Waals surface area contributed by atoms with Crippen LogP contribution in [0.3, 0.4) is 0 Å². The van der Waals surface area contributed by atoms with Gasteiger partial charge in [0.2, 0.25) is 12.0 Å². The number of carbonyl (C=O) groups is 4. The summed E-state index contributed by atoms with van der Waals surface area (Å²) in [5.41, 5.74) is -1.03. The number of rotatable bonds is 8. The van der Waals surface area contributed by atoms with Gasteiger partial charge in [-0.2, -0.15) is 0 Å². The van der Waals surface area contributed by atoms with Gasteiger partial charge in [0.15, 0.2) is 6.10 Å². The summed E-state index contributed by atoms with van der Waals surface area (Å²) in [5.74, 6) is -2.68. The number of ether oxygens (including phenoxy) is 4. The molecule has 320 valence electrons. The van der Waals surface area contributed by atoms with Crippen LogP contribution in [0.15, 0.2) is 48.0 Å². The lowest BCUT2D eigenvalue weighted by atomic mass is 9.52. The van der Waals surface area contributed by atoms with Crippen molar-refractivity contribution in [1.82, 2.24) is 14.8 Å². The second-order valence-corrected chi connectivity index (χ2v) is 18.0. The van der Waals surface area contributed by atoms with E-state index in [0.717, 1.165) is 22.0 Å². The van der Waals surface area contributed by atoms with E-state index in [4.69, 9.17) is 18.9 Å². The average molecular weight is 825 g/mol. The van der Waals surface area contributed by atoms with Gasteiger partial charge in [-0.05, 0) is 74.2 Å². The van der Waals surface area contributed by atoms with Gasteiger partial charge in [-0.3, -0.25) is 24.2 Å². The first-order valence-corrected chi connectivity index (χ1v) is 21.3. The highest BCUT2D eigenvalue weighted by Crippen LogP contribution is 2.65. The average Bonchev–Trinajstić information content (AvgIpc) is 3.92. The molecule has 3 N–H and O–H groups in total. The van der Waals surface area contributed by atoms with Crippen LogP contribution in [0.5, 0.6) is 5.75 Å². The fourth-order valence-corrected chi connectivity index (χ4v) is 13.1. The molecule has 5 unspecified atom stereocenters. The molecule has 2 aromatic carbocycles. The number of benzene rings is 2. The second kappa shape index (κ2) is 14.4. The third kappa shape index (κ3) is 5.39. The van der Waals surface area contributed by atoms with Crippen LogP contribution in [0, 0.1) is 11.8 Å². The number of aromatic nitrogens is 1. The van der Waals surface area contributed by atoms with Crippen molar-refractivity contribution in [3.63, 3.8) is 0 Å². The van der Waals surface area contributed by atoms with Gasteiger partial charge in [-0.25, -0.2) is 4.79 Å². The van der Waals surface area contributed by atoms with Gasteiger partial charge in [0.25, 0.3) is 0 Å². The normalized spacial score (nSPS) is 35.4. The number of nitrogens with zero attached hydrogens (tertiary/aromatic N) is 3. The molecule has 6 aliphatic rings. The Bertz CT molecular complexity index is 2310. The van der Waals surface area contributed by atoms with Gasteiger partial charge in [0.1, 0.15) is 11.2 Å². The SMILES string of the molecule is CCC1=CCN2CC[C@]34c5cc([C@@]6(C(=O)OC)CC7CN(CCc8c6[nH]c6ccccc86)CC(O)(CC)C7)c(OC)cc5N(C=O)C3[C@@](O)(C(=O)OC)[C@H](OC(C)=O)C1[C@H]24. The largest absolute Gasteiger partial charge is 0.496 e. The van der Waals surface area contributed by atoms with Crippen LogP contribution in [-0.4, -0.2) is 133 Å². The fraction of sp³-hybridized carbons (Fsp3) is 0.565.